The summed E-state index contributed by atoms with van der Waals surface area (Å²) in [5.41, 5.74) is 4.01. The molecule has 2 amide bonds. The molecule has 232 valence electrons. The number of hydrogen-bond acceptors (Lipinski definition) is 7. The van der Waals surface area contributed by atoms with Gasteiger partial charge in [0.05, 0.1) is 23.7 Å². The van der Waals surface area contributed by atoms with Gasteiger partial charge in [-0.3, -0.25) is 9.69 Å². The molecule has 1 aliphatic carbocycles. The molecule has 0 unspecified atom stereocenters. The van der Waals surface area contributed by atoms with Gasteiger partial charge >= 0.3 is 12.5 Å². The Labute approximate surface area is 261 Å². The first kappa shape index (κ1) is 30.4. The van der Waals surface area contributed by atoms with Gasteiger partial charge in [0.15, 0.2) is 11.0 Å². The van der Waals surface area contributed by atoms with Gasteiger partial charge in [0, 0.05) is 12.0 Å². The Hall–Kier alpha value is -4.65. The van der Waals surface area contributed by atoms with Crippen LogP contribution in [0.3, 0.4) is 0 Å². The highest BCUT2D eigenvalue weighted by atomic mass is 32.2. The summed E-state index contributed by atoms with van der Waals surface area (Å²) in [6, 6.07) is 20.5. The van der Waals surface area contributed by atoms with Gasteiger partial charge in [0.25, 0.3) is 0 Å². The zero-order valence-corrected chi connectivity index (χ0v) is 24.8. The Kier molecular flexibility index (Phi) is 8.87. The van der Waals surface area contributed by atoms with Crippen molar-refractivity contribution in [3.8, 4) is 22.8 Å². The molecule has 1 saturated carbocycles. The van der Waals surface area contributed by atoms with Crippen LogP contribution in [-0.2, 0) is 22.4 Å². The quantitative estimate of drug-likeness (QED) is 0.185. The van der Waals surface area contributed by atoms with Gasteiger partial charge in [0.2, 0.25) is 5.91 Å². The average molecular weight is 636 g/mol. The fourth-order valence-corrected chi connectivity index (χ4v) is 5.75. The first-order valence-corrected chi connectivity index (χ1v) is 15.4. The predicted molar refractivity (Wildman–Crippen MR) is 163 cm³/mol. The SMILES string of the molecule is O=C(N=C1SCC(=O)N1c1ccccc1CCC1CC1)OCCc1ccc(-c2ncn(-c3ccc(OC(F)(F)F)cc3)n2)cc1. The summed E-state index contributed by atoms with van der Waals surface area (Å²) in [6.45, 7) is 0.104. The van der Waals surface area contributed by atoms with E-state index in [9.17, 15) is 22.8 Å². The summed E-state index contributed by atoms with van der Waals surface area (Å²) in [5.74, 6) is 0.974. The third-order valence-electron chi connectivity index (χ3n) is 7.36. The number of ether oxygens (including phenoxy) is 2. The second-order valence-electron chi connectivity index (χ2n) is 10.6. The van der Waals surface area contributed by atoms with Crippen LogP contribution in [-0.4, -0.2) is 50.7 Å². The topological polar surface area (TPSA) is 98.9 Å². The lowest BCUT2D eigenvalue weighted by molar-refractivity contribution is -0.274. The van der Waals surface area contributed by atoms with Crippen molar-refractivity contribution < 1.29 is 32.2 Å². The minimum absolute atomic E-state index is 0.104. The number of para-hydroxylation sites is 1. The smallest absolute Gasteiger partial charge is 0.448 e. The minimum atomic E-state index is -4.76. The molecule has 3 aromatic carbocycles. The van der Waals surface area contributed by atoms with E-state index in [1.165, 1.54) is 64.8 Å². The number of aromatic nitrogens is 3. The summed E-state index contributed by atoms with van der Waals surface area (Å²) in [5, 5.41) is 4.73. The van der Waals surface area contributed by atoms with Crippen LogP contribution in [0.4, 0.5) is 23.7 Å². The fraction of sp³-hybridized carbons (Fsp3) is 0.281. The molecule has 2 heterocycles. The molecule has 0 atom stereocenters. The normalized spacial score (nSPS) is 15.9. The molecule has 2 aliphatic rings. The Balaban J connectivity index is 1.03. The standard InChI is InChI=1S/C32H28F3N5O4S/c33-32(34,35)44-26-15-13-25(14-16-26)39-20-36-29(38-39)24-11-8-22(9-12-24)17-18-43-31(42)37-30-40(28(41)19-45-30)27-4-2-1-3-23(27)10-7-21-5-6-21/h1-4,8-9,11-16,20-21H,5-7,10,17-19H2. The second-order valence-corrected chi connectivity index (χ2v) is 11.6. The maximum Gasteiger partial charge on any atom is 0.573 e. The average Bonchev–Trinajstić information content (AvgIpc) is 3.60. The number of halogens is 3. The monoisotopic (exact) mass is 635 g/mol. The van der Waals surface area contributed by atoms with E-state index in [0.29, 0.717) is 23.1 Å². The van der Waals surface area contributed by atoms with Crippen molar-refractivity contribution in [3.05, 3.63) is 90.3 Å². The third kappa shape index (κ3) is 7.90. The first-order chi connectivity index (χ1) is 21.7. The molecule has 6 rings (SSSR count). The molecule has 1 saturated heterocycles. The van der Waals surface area contributed by atoms with Crippen LogP contribution in [0.1, 0.15) is 30.4 Å². The molecule has 9 nitrogen and oxygen atoms in total. The van der Waals surface area contributed by atoms with Crippen LogP contribution >= 0.6 is 11.8 Å². The molecule has 4 aromatic rings. The Morgan fingerprint density at radius 1 is 1.00 bits per heavy atom. The molecule has 2 fully saturated rings. The van der Waals surface area contributed by atoms with Crippen molar-refractivity contribution in [3.63, 3.8) is 0 Å². The molecule has 45 heavy (non-hydrogen) atoms. The lowest BCUT2D eigenvalue weighted by atomic mass is 10.0. The molecule has 0 radical (unpaired) electrons. The van der Waals surface area contributed by atoms with Crippen LogP contribution in [0.5, 0.6) is 5.75 Å². The number of anilines is 1. The number of amides is 2. The van der Waals surface area contributed by atoms with Crippen molar-refractivity contribution >= 4 is 34.6 Å². The van der Waals surface area contributed by atoms with Crippen molar-refractivity contribution in [2.45, 2.75) is 38.5 Å². The van der Waals surface area contributed by atoms with Crippen molar-refractivity contribution in [1.82, 2.24) is 14.8 Å². The highest BCUT2D eigenvalue weighted by molar-refractivity contribution is 8.15. The molecule has 0 N–H and O–H groups in total. The van der Waals surface area contributed by atoms with Gasteiger partial charge in [-0.25, -0.2) is 14.5 Å². The maximum atomic E-state index is 12.7. The van der Waals surface area contributed by atoms with E-state index in [-0.39, 0.29) is 24.0 Å². The van der Waals surface area contributed by atoms with Gasteiger partial charge < -0.3 is 9.47 Å². The number of alkyl halides is 3. The first-order valence-electron chi connectivity index (χ1n) is 14.4. The van der Waals surface area contributed by atoms with Gasteiger partial charge in [-0.2, -0.15) is 4.99 Å². The molecule has 0 spiro atoms. The van der Waals surface area contributed by atoms with Gasteiger partial charge in [-0.05, 0) is 60.2 Å². The Bertz CT molecular complexity index is 1700. The van der Waals surface area contributed by atoms with Gasteiger partial charge in [-0.15, -0.1) is 18.3 Å². The third-order valence-corrected chi connectivity index (χ3v) is 8.28. The summed E-state index contributed by atoms with van der Waals surface area (Å²) in [6.07, 6.45) is 0.892. The van der Waals surface area contributed by atoms with E-state index >= 15 is 0 Å². The predicted octanol–water partition coefficient (Wildman–Crippen LogP) is 6.99. The van der Waals surface area contributed by atoms with E-state index in [4.69, 9.17) is 4.74 Å². The molecular formula is C32H28F3N5O4S. The number of benzene rings is 3. The number of rotatable bonds is 10. The number of carbonyl (C=O) groups is 2. The summed E-state index contributed by atoms with van der Waals surface area (Å²) in [4.78, 5) is 35.3. The Morgan fingerprint density at radius 2 is 1.76 bits per heavy atom. The van der Waals surface area contributed by atoms with E-state index in [2.05, 4.69) is 19.8 Å². The van der Waals surface area contributed by atoms with Crippen molar-refractivity contribution in [1.29, 1.82) is 0 Å². The lowest BCUT2D eigenvalue weighted by Gasteiger charge is -2.19. The summed E-state index contributed by atoms with van der Waals surface area (Å²) >= 11 is 1.22. The van der Waals surface area contributed by atoms with Gasteiger partial charge in [-0.1, -0.05) is 67.1 Å². The molecule has 1 aromatic heterocycles. The number of nitrogens with zero attached hydrogens (tertiary/aromatic N) is 5. The van der Waals surface area contributed by atoms with Crippen LogP contribution in [0.15, 0.2) is 84.1 Å². The second kappa shape index (κ2) is 13.1. The molecular weight excluding hydrogens is 607 g/mol. The number of aliphatic imine (C=N–C) groups is 1. The van der Waals surface area contributed by atoms with E-state index in [0.717, 1.165) is 41.1 Å². The highest BCUT2D eigenvalue weighted by Crippen LogP contribution is 2.36. The number of aryl methyl sites for hydroxylation is 1. The number of hydrogen-bond donors (Lipinski definition) is 0. The highest BCUT2D eigenvalue weighted by Gasteiger charge is 2.33. The van der Waals surface area contributed by atoms with E-state index in [1.807, 2.05) is 48.5 Å². The Morgan fingerprint density at radius 3 is 2.49 bits per heavy atom. The van der Waals surface area contributed by atoms with Crippen LogP contribution < -0.4 is 9.64 Å². The number of thioether (sulfide) groups is 1. The van der Waals surface area contributed by atoms with Crippen LogP contribution in [0, 0.1) is 5.92 Å². The molecule has 13 heteroatoms. The van der Waals surface area contributed by atoms with Crippen molar-refractivity contribution in [2.75, 3.05) is 17.3 Å². The fourth-order valence-electron chi connectivity index (χ4n) is 4.90. The minimum Gasteiger partial charge on any atom is -0.448 e. The van der Waals surface area contributed by atoms with E-state index in [1.54, 1.807) is 0 Å². The van der Waals surface area contributed by atoms with Crippen molar-refractivity contribution in [2.24, 2.45) is 10.9 Å². The van der Waals surface area contributed by atoms with Crippen LogP contribution in [0.25, 0.3) is 17.1 Å². The lowest BCUT2D eigenvalue weighted by Crippen LogP contribution is -2.30. The van der Waals surface area contributed by atoms with Crippen LogP contribution in [0.2, 0.25) is 0 Å². The van der Waals surface area contributed by atoms with E-state index < -0.39 is 12.5 Å². The summed E-state index contributed by atoms with van der Waals surface area (Å²) < 4.78 is 47.9. The number of carbonyl (C=O) groups excluding carboxylic acids is 2. The summed E-state index contributed by atoms with van der Waals surface area (Å²) in [7, 11) is 0. The molecule has 0 bridgehead atoms. The van der Waals surface area contributed by atoms with Gasteiger partial charge in [0.1, 0.15) is 12.1 Å². The zero-order valence-electron chi connectivity index (χ0n) is 23.9. The molecule has 1 aliphatic heterocycles. The maximum absolute atomic E-state index is 12.7. The number of amidine groups is 1. The largest absolute Gasteiger partial charge is 0.573 e. The zero-order chi connectivity index (χ0) is 31.4.